The van der Waals surface area contributed by atoms with Crippen LogP contribution in [0, 0.1) is 0 Å². The Morgan fingerprint density at radius 1 is 0.391 bits per heavy atom. The minimum Gasteiger partial charge on any atom is -0.356 e. The van der Waals surface area contributed by atoms with Gasteiger partial charge in [0.15, 0.2) is 17.5 Å². The standard InChI is InChI=1S/C55H66N22O10/c1-69(2)16-11-13-56-43(78)12-14-58-48(80)36-18-31(24-71(36)4)60-50(82)38-20-33(26-73(38)6)62-52(84)40-21-34(27-75(40)8)63-54(86)46-66-41(29-76(46)9)65-44(79)23-59-49(81)37-19-32(25-72(37)5)61-51(83)39-22-35(28-74(39)7)64-55(87)47-67-42(30-77(47)10)68-53(85)45-57-15-17-70(45)3/h15,17-22,24-30H,11-14,16,23H2,1-10H3,(H,56,78)(H,58,80)(H,59,81)(H,60,82)(H,61,83)(H,62,84)(H,63,86)(H,64,87)(H,65,79)(H,68,85). The fraction of sp³-hybridized carbons (Fsp3) is 0.291. The predicted octanol–water partition coefficient (Wildman–Crippen LogP) is 1.65. The molecule has 456 valence electrons. The summed E-state index contributed by atoms with van der Waals surface area (Å²) >= 11 is 0. The van der Waals surface area contributed by atoms with Crippen molar-refractivity contribution in [2.24, 2.45) is 56.4 Å². The number of amides is 10. The zero-order valence-electron chi connectivity index (χ0n) is 49.3. The largest absolute Gasteiger partial charge is 0.356 e. The second-order valence-corrected chi connectivity index (χ2v) is 20.6. The van der Waals surface area contributed by atoms with E-state index >= 15 is 0 Å². The number of aromatic nitrogens is 11. The smallest absolute Gasteiger partial charge is 0.292 e. The van der Waals surface area contributed by atoms with Crippen LogP contribution in [0.25, 0.3) is 0 Å². The van der Waals surface area contributed by atoms with E-state index in [9.17, 15) is 47.9 Å². The first-order valence-electron chi connectivity index (χ1n) is 26.8. The van der Waals surface area contributed by atoms with E-state index < -0.39 is 59.7 Å². The molecule has 0 aliphatic carbocycles. The van der Waals surface area contributed by atoms with Gasteiger partial charge in [-0.05, 0) is 57.4 Å². The van der Waals surface area contributed by atoms with E-state index in [0.717, 1.165) is 13.0 Å². The van der Waals surface area contributed by atoms with Crippen LogP contribution < -0.4 is 53.2 Å². The number of carbonyl (C=O) groups excluding carboxylic acids is 10. The molecule has 87 heavy (non-hydrogen) atoms. The Hall–Kier alpha value is -11.3. The number of imidazole rings is 3. The highest BCUT2D eigenvalue weighted by Crippen LogP contribution is 2.22. The minimum atomic E-state index is -0.674. The number of aryl methyl sites for hydroxylation is 8. The van der Waals surface area contributed by atoms with E-state index in [1.807, 2.05) is 19.0 Å². The van der Waals surface area contributed by atoms with Crippen LogP contribution in [0.5, 0.6) is 0 Å². The number of nitrogens with zero attached hydrogens (tertiary/aromatic N) is 12. The number of hydrogen-bond acceptors (Lipinski definition) is 14. The number of hydrogen-bond donors (Lipinski definition) is 10. The third-order valence-corrected chi connectivity index (χ3v) is 13.3. The molecule has 0 aromatic carbocycles. The molecule has 8 rings (SSSR count). The Kier molecular flexibility index (Phi) is 18.8. The molecular formula is C55H66N22O10. The van der Waals surface area contributed by atoms with E-state index in [2.05, 4.69) is 68.1 Å². The molecular weight excluding hydrogens is 1130 g/mol. The van der Waals surface area contributed by atoms with E-state index in [-0.39, 0.29) is 93.5 Å². The molecule has 8 aromatic heterocycles. The van der Waals surface area contributed by atoms with Gasteiger partial charge in [-0.1, -0.05) is 0 Å². The van der Waals surface area contributed by atoms with Crippen LogP contribution in [-0.4, -0.2) is 156 Å². The summed E-state index contributed by atoms with van der Waals surface area (Å²) in [6.45, 7) is 1.01. The normalized spacial score (nSPS) is 11.0. The molecule has 10 amide bonds. The lowest BCUT2D eigenvalue weighted by molar-refractivity contribution is -0.121. The molecule has 0 atom stereocenters. The minimum absolute atomic E-state index is 0.00309. The fourth-order valence-corrected chi connectivity index (χ4v) is 9.01. The zero-order chi connectivity index (χ0) is 63.0. The van der Waals surface area contributed by atoms with Gasteiger partial charge in [-0.2, -0.15) is 0 Å². The van der Waals surface area contributed by atoms with Crippen molar-refractivity contribution >= 4 is 99.1 Å². The Morgan fingerprint density at radius 2 is 0.770 bits per heavy atom. The third kappa shape index (κ3) is 15.3. The topological polar surface area (TPSA) is 372 Å². The van der Waals surface area contributed by atoms with Crippen molar-refractivity contribution in [2.45, 2.75) is 12.8 Å². The first kappa shape index (κ1) is 61.8. The Bertz CT molecular complexity index is 3980. The van der Waals surface area contributed by atoms with Crippen LogP contribution in [-0.2, 0) is 66.0 Å². The Labute approximate surface area is 496 Å². The summed E-state index contributed by atoms with van der Waals surface area (Å²) in [5, 5.41) is 26.9. The van der Waals surface area contributed by atoms with E-state index in [1.165, 1.54) is 107 Å². The molecule has 0 fully saturated rings. The zero-order valence-corrected chi connectivity index (χ0v) is 49.3. The molecule has 0 radical (unpaired) electrons. The molecule has 0 saturated carbocycles. The summed E-state index contributed by atoms with van der Waals surface area (Å²) in [6.07, 6.45) is 14.5. The first-order valence-corrected chi connectivity index (χ1v) is 26.8. The van der Waals surface area contributed by atoms with Gasteiger partial charge in [0, 0.05) is 132 Å². The summed E-state index contributed by atoms with van der Waals surface area (Å²) in [4.78, 5) is 145. The number of anilines is 7. The average molecular weight is 1200 g/mol. The van der Waals surface area contributed by atoms with Crippen molar-refractivity contribution in [1.29, 1.82) is 0 Å². The summed E-state index contributed by atoms with van der Waals surface area (Å²) < 4.78 is 11.8. The van der Waals surface area contributed by atoms with Crippen molar-refractivity contribution in [2.75, 3.05) is 77.5 Å². The lowest BCUT2D eigenvalue weighted by Gasteiger charge is -2.10. The van der Waals surface area contributed by atoms with Gasteiger partial charge in [0.1, 0.15) is 28.5 Å². The van der Waals surface area contributed by atoms with Gasteiger partial charge in [-0.3, -0.25) is 47.9 Å². The van der Waals surface area contributed by atoms with Gasteiger partial charge in [0.2, 0.25) is 23.5 Å². The van der Waals surface area contributed by atoms with Gasteiger partial charge < -0.3 is 94.6 Å². The maximum Gasteiger partial charge on any atom is 0.292 e. The van der Waals surface area contributed by atoms with E-state index in [0.29, 0.717) is 17.9 Å². The van der Waals surface area contributed by atoms with Crippen LogP contribution in [0.1, 0.15) is 97.1 Å². The lowest BCUT2D eigenvalue weighted by Crippen LogP contribution is -2.33. The molecule has 0 aliphatic heterocycles. The third-order valence-electron chi connectivity index (χ3n) is 13.3. The number of rotatable bonds is 24. The highest BCUT2D eigenvalue weighted by molar-refractivity contribution is 6.10. The van der Waals surface area contributed by atoms with E-state index in [4.69, 9.17) is 0 Å². The van der Waals surface area contributed by atoms with Crippen LogP contribution in [0.4, 0.5) is 40.1 Å². The summed E-state index contributed by atoms with van der Waals surface area (Å²) in [5.41, 5.74) is 2.27. The maximum atomic E-state index is 13.5. The van der Waals surface area contributed by atoms with Gasteiger partial charge >= 0.3 is 0 Å². The van der Waals surface area contributed by atoms with Gasteiger partial charge in [0.25, 0.3) is 47.3 Å². The number of nitrogens with one attached hydrogen (secondary N) is 10. The molecule has 32 nitrogen and oxygen atoms in total. The van der Waals surface area contributed by atoms with Crippen molar-refractivity contribution < 1.29 is 47.9 Å². The predicted molar refractivity (Wildman–Crippen MR) is 319 cm³/mol. The molecule has 0 unspecified atom stereocenters. The average Bonchev–Trinajstić information content (AvgIpc) is 4.55. The van der Waals surface area contributed by atoms with Gasteiger partial charge in [-0.25, -0.2) is 15.0 Å². The molecule has 8 heterocycles. The maximum absolute atomic E-state index is 13.5. The van der Waals surface area contributed by atoms with Crippen LogP contribution in [0.3, 0.4) is 0 Å². The van der Waals surface area contributed by atoms with Crippen molar-refractivity contribution in [1.82, 2.24) is 72.3 Å². The molecule has 0 bridgehead atoms. The lowest BCUT2D eigenvalue weighted by atomic mass is 10.3. The molecule has 8 aromatic rings. The monoisotopic (exact) mass is 1190 g/mol. The molecule has 0 spiro atoms. The summed E-state index contributed by atoms with van der Waals surface area (Å²) in [5.74, 6) is -5.19. The molecule has 0 saturated heterocycles. The van der Waals surface area contributed by atoms with Crippen molar-refractivity contribution in [3.05, 3.63) is 132 Å². The fourth-order valence-electron chi connectivity index (χ4n) is 9.01. The van der Waals surface area contributed by atoms with E-state index in [1.54, 1.807) is 72.5 Å². The molecule has 32 heteroatoms. The van der Waals surface area contributed by atoms with Crippen LogP contribution in [0.2, 0.25) is 0 Å². The van der Waals surface area contributed by atoms with Gasteiger partial charge in [-0.15, -0.1) is 0 Å². The highest BCUT2D eigenvalue weighted by Gasteiger charge is 2.24. The van der Waals surface area contributed by atoms with Gasteiger partial charge in [0.05, 0.1) is 35.0 Å². The van der Waals surface area contributed by atoms with Crippen molar-refractivity contribution in [3.8, 4) is 0 Å². The SMILES string of the molecule is CN(C)CCCNC(=O)CCNC(=O)c1cc(NC(=O)c2cc(NC(=O)c3cc(NC(=O)c4nc(NC(=O)CNC(=O)c5cc(NC(=O)c6cc(NC(=O)c7nc(NC(=O)c8nccn8C)cn7C)cn6C)cn5C)cn4C)cn3C)cn2C)cn1C. The Balaban J connectivity index is 0.774. The second-order valence-electron chi connectivity index (χ2n) is 20.6. The molecule has 10 N–H and O–H groups in total. The van der Waals surface area contributed by atoms with Crippen LogP contribution >= 0.6 is 0 Å². The summed E-state index contributed by atoms with van der Waals surface area (Å²) in [7, 11) is 16.7. The molecule has 0 aliphatic rings. The summed E-state index contributed by atoms with van der Waals surface area (Å²) in [6, 6.07) is 7.28. The Morgan fingerprint density at radius 3 is 1.17 bits per heavy atom. The van der Waals surface area contributed by atoms with Crippen LogP contribution in [0.15, 0.2) is 86.1 Å². The second kappa shape index (κ2) is 26.5. The number of carbonyl (C=O) groups is 10. The highest BCUT2D eigenvalue weighted by atomic mass is 16.2. The quantitative estimate of drug-likeness (QED) is 0.0385. The first-order chi connectivity index (χ1) is 41.3. The van der Waals surface area contributed by atoms with Crippen molar-refractivity contribution in [3.63, 3.8) is 0 Å².